The van der Waals surface area contributed by atoms with Gasteiger partial charge in [-0.2, -0.15) is 9.80 Å². The molecular formula is C5H9N3O2. The van der Waals surface area contributed by atoms with Gasteiger partial charge in [0.05, 0.1) is 7.11 Å². The minimum Gasteiger partial charge on any atom is -0.485 e. The average molecular weight is 143 g/mol. The van der Waals surface area contributed by atoms with Crippen LogP contribution in [0.4, 0.5) is 4.79 Å². The Balaban J connectivity index is 3.91. The topological polar surface area (TPSA) is 68.7 Å². The summed E-state index contributed by atoms with van der Waals surface area (Å²) in [6.45, 7) is 3.31. The fourth-order valence-corrected chi connectivity index (χ4v) is 0.363. The third kappa shape index (κ3) is 2.27. The second-order valence-corrected chi connectivity index (χ2v) is 1.34. The van der Waals surface area contributed by atoms with Crippen LogP contribution in [0.15, 0.2) is 12.8 Å². The van der Waals surface area contributed by atoms with Gasteiger partial charge in [-0.1, -0.05) is 6.34 Å². The van der Waals surface area contributed by atoms with E-state index in [-0.39, 0.29) is 5.01 Å². The van der Waals surface area contributed by atoms with E-state index >= 15 is 0 Å². The van der Waals surface area contributed by atoms with Crippen LogP contribution in [0.1, 0.15) is 0 Å². The average Bonchev–Trinajstić information content (AvgIpc) is 1.99. The number of methoxy groups -OCH3 is 1. The van der Waals surface area contributed by atoms with Crippen molar-refractivity contribution in [2.75, 3.05) is 7.11 Å². The molecule has 0 bridgehead atoms. The highest BCUT2D eigenvalue weighted by Crippen LogP contribution is 1.67. The fourth-order valence-electron chi connectivity index (χ4n) is 0.363. The molecule has 10 heavy (non-hydrogen) atoms. The van der Waals surface area contributed by atoms with Gasteiger partial charge < -0.3 is 10.1 Å². The molecule has 0 aliphatic rings. The number of carbonyl (C=O) groups excluding carboxylic acids is 1. The molecule has 0 aromatic rings. The smallest absolute Gasteiger partial charge is 0.485 e. The molecule has 0 rings (SSSR count). The van der Waals surface area contributed by atoms with Gasteiger partial charge in [0.15, 0.2) is 0 Å². The van der Waals surface area contributed by atoms with Crippen LogP contribution >= 0.6 is 0 Å². The summed E-state index contributed by atoms with van der Waals surface area (Å²) in [6, 6.07) is 0. The van der Waals surface area contributed by atoms with Crippen LogP contribution in [0.5, 0.6) is 0 Å². The molecule has 0 aromatic heterocycles. The van der Waals surface area contributed by atoms with Gasteiger partial charge in [-0.05, 0) is 6.58 Å². The Morgan fingerprint density at radius 3 is 2.80 bits per heavy atom. The molecule has 0 saturated carbocycles. The SMILES string of the molecule is C=C[NH+]([N-]C=N)C(=O)OC. The van der Waals surface area contributed by atoms with Gasteiger partial charge in [0, 0.05) is 0 Å². The largest absolute Gasteiger partial charge is 0.529 e. The van der Waals surface area contributed by atoms with Crippen molar-refractivity contribution < 1.29 is 14.5 Å². The second kappa shape index (κ2) is 4.51. The van der Waals surface area contributed by atoms with Gasteiger partial charge in [-0.25, -0.2) is 0 Å². The van der Waals surface area contributed by atoms with Gasteiger partial charge >= 0.3 is 6.09 Å². The summed E-state index contributed by atoms with van der Waals surface area (Å²) in [5.41, 5.74) is 3.38. The molecule has 0 radical (unpaired) electrons. The number of hydrogen-bond acceptors (Lipinski definition) is 3. The number of carbonyl (C=O) groups is 1. The molecule has 0 heterocycles. The third-order valence-electron chi connectivity index (χ3n) is 0.792. The summed E-state index contributed by atoms with van der Waals surface area (Å²) in [5.74, 6) is 0. The van der Waals surface area contributed by atoms with Crippen molar-refractivity contribution in [3.05, 3.63) is 18.2 Å². The quantitative estimate of drug-likeness (QED) is 0.323. The standard InChI is InChI=1S/C5H9N3O2/c1-3-8(7-4-6)5(9)10-2/h3-4,8H,1H2,2H3,(H-,6,7). The van der Waals surface area contributed by atoms with Crippen molar-refractivity contribution in [2.45, 2.75) is 0 Å². The van der Waals surface area contributed by atoms with Gasteiger partial charge in [0.2, 0.25) is 0 Å². The minimum absolute atomic E-state index is 0.0394. The molecule has 56 valence electrons. The van der Waals surface area contributed by atoms with E-state index in [4.69, 9.17) is 5.41 Å². The molecule has 0 aliphatic heterocycles. The Kier molecular flexibility index (Phi) is 3.90. The van der Waals surface area contributed by atoms with Gasteiger partial charge in [-0.3, -0.25) is 5.43 Å². The van der Waals surface area contributed by atoms with E-state index in [2.05, 4.69) is 16.7 Å². The monoisotopic (exact) mass is 143 g/mol. The molecule has 2 N–H and O–H groups in total. The number of alkyl carbamates (subject to hydrolysis) is 1. The summed E-state index contributed by atoms with van der Waals surface area (Å²) in [5, 5.41) is 6.58. The maximum absolute atomic E-state index is 10.6. The van der Waals surface area contributed by atoms with Crippen LogP contribution < -0.4 is 5.01 Å². The van der Waals surface area contributed by atoms with Crippen LogP contribution in [-0.4, -0.2) is 19.5 Å². The van der Waals surface area contributed by atoms with Gasteiger partial charge in [-0.15, -0.1) is 0 Å². The van der Waals surface area contributed by atoms with Crippen molar-refractivity contribution in [3.63, 3.8) is 0 Å². The predicted octanol–water partition coefficient (Wildman–Crippen LogP) is -0.323. The van der Waals surface area contributed by atoms with Crippen LogP contribution in [0.2, 0.25) is 0 Å². The van der Waals surface area contributed by atoms with Crippen molar-refractivity contribution in [1.29, 1.82) is 5.41 Å². The van der Waals surface area contributed by atoms with Crippen molar-refractivity contribution in [2.24, 2.45) is 0 Å². The second-order valence-electron chi connectivity index (χ2n) is 1.34. The summed E-state index contributed by atoms with van der Waals surface area (Å²) >= 11 is 0. The summed E-state index contributed by atoms with van der Waals surface area (Å²) in [7, 11) is 1.24. The molecule has 1 unspecified atom stereocenters. The highest BCUT2D eigenvalue weighted by Gasteiger charge is 2.11. The van der Waals surface area contributed by atoms with E-state index in [0.29, 0.717) is 0 Å². The number of ether oxygens (including phenoxy) is 1. The number of quaternary nitrogens is 1. The maximum Gasteiger partial charge on any atom is 0.529 e. The Morgan fingerprint density at radius 1 is 1.90 bits per heavy atom. The summed E-state index contributed by atoms with van der Waals surface area (Å²) < 4.78 is 4.31. The molecule has 1 atom stereocenters. The van der Waals surface area contributed by atoms with Crippen LogP contribution in [0.25, 0.3) is 5.43 Å². The van der Waals surface area contributed by atoms with Crippen molar-refractivity contribution >= 4 is 12.4 Å². The lowest BCUT2D eigenvalue weighted by molar-refractivity contribution is -0.716. The first kappa shape index (κ1) is 8.64. The van der Waals surface area contributed by atoms with Crippen LogP contribution in [0, 0.1) is 5.41 Å². The zero-order chi connectivity index (χ0) is 7.98. The molecule has 0 spiro atoms. The molecule has 0 aliphatic carbocycles. The number of nitrogens with one attached hydrogen (secondary N) is 2. The lowest BCUT2D eigenvalue weighted by Gasteiger charge is -2.11. The summed E-state index contributed by atoms with van der Waals surface area (Å²) in [6.07, 6.45) is 1.41. The first-order valence-electron chi connectivity index (χ1n) is 2.53. The Hall–Kier alpha value is -1.36. The number of amides is 1. The number of hydrogen-bond donors (Lipinski definition) is 2. The Labute approximate surface area is 58.7 Å². The first-order valence-corrected chi connectivity index (χ1v) is 2.53. The molecule has 0 fully saturated rings. The molecule has 0 aromatic carbocycles. The zero-order valence-corrected chi connectivity index (χ0v) is 5.63. The van der Waals surface area contributed by atoms with E-state index in [1.54, 1.807) is 0 Å². The molecular weight excluding hydrogens is 134 g/mol. The third-order valence-corrected chi connectivity index (χ3v) is 0.792. The Bertz CT molecular complexity index is 146. The van der Waals surface area contributed by atoms with Crippen molar-refractivity contribution in [1.82, 2.24) is 0 Å². The lowest BCUT2D eigenvalue weighted by atomic mass is 10.9. The molecule has 0 saturated heterocycles. The predicted molar refractivity (Wildman–Crippen MR) is 35.7 cm³/mol. The number of nitrogens with zero attached hydrogens (tertiary/aromatic N) is 1. The lowest BCUT2D eigenvalue weighted by Crippen LogP contribution is -3.06. The Morgan fingerprint density at radius 2 is 2.50 bits per heavy atom. The highest BCUT2D eigenvalue weighted by atomic mass is 16.5. The van der Waals surface area contributed by atoms with E-state index in [1.165, 1.54) is 13.3 Å². The van der Waals surface area contributed by atoms with E-state index < -0.39 is 6.09 Å². The fraction of sp³-hybridized carbons (Fsp3) is 0.200. The van der Waals surface area contributed by atoms with E-state index in [0.717, 1.165) is 6.34 Å². The molecule has 1 amide bonds. The van der Waals surface area contributed by atoms with Gasteiger partial charge in [0.25, 0.3) is 0 Å². The van der Waals surface area contributed by atoms with Crippen LogP contribution in [0.3, 0.4) is 0 Å². The van der Waals surface area contributed by atoms with Crippen molar-refractivity contribution in [3.8, 4) is 0 Å². The maximum atomic E-state index is 10.6. The normalized spacial score (nSPS) is 11.3. The minimum atomic E-state index is -0.585. The molecule has 5 nitrogen and oxygen atoms in total. The first-order chi connectivity index (χ1) is 4.76. The van der Waals surface area contributed by atoms with E-state index in [1.807, 2.05) is 0 Å². The summed E-state index contributed by atoms with van der Waals surface area (Å²) in [4.78, 5) is 10.6. The highest BCUT2D eigenvalue weighted by molar-refractivity contribution is 5.68. The van der Waals surface area contributed by atoms with Crippen LogP contribution in [-0.2, 0) is 4.74 Å². The van der Waals surface area contributed by atoms with Gasteiger partial charge in [0.1, 0.15) is 6.20 Å². The molecule has 5 heteroatoms. The number of rotatable bonds is 3. The van der Waals surface area contributed by atoms with E-state index in [9.17, 15) is 4.79 Å². The zero-order valence-electron chi connectivity index (χ0n) is 5.63.